The molecule has 0 spiro atoms. The van der Waals surface area contributed by atoms with Gasteiger partial charge in [-0.2, -0.15) is 0 Å². The van der Waals surface area contributed by atoms with E-state index in [1.54, 1.807) is 11.4 Å². The second kappa shape index (κ2) is 4.92. The van der Waals surface area contributed by atoms with Gasteiger partial charge >= 0.3 is 11.7 Å². The van der Waals surface area contributed by atoms with E-state index >= 15 is 0 Å². The third kappa shape index (κ3) is 2.51. The van der Waals surface area contributed by atoms with Crippen molar-refractivity contribution in [3.63, 3.8) is 0 Å². The summed E-state index contributed by atoms with van der Waals surface area (Å²) in [7, 11) is 0. The Labute approximate surface area is 105 Å². The first-order valence-corrected chi connectivity index (χ1v) is 5.65. The van der Waals surface area contributed by atoms with Gasteiger partial charge in [-0.25, -0.2) is 9.18 Å². The lowest BCUT2D eigenvalue weighted by molar-refractivity contribution is -0.385. The monoisotopic (exact) mass is 267 g/mol. The first-order chi connectivity index (χ1) is 8.58. The van der Waals surface area contributed by atoms with Crippen molar-refractivity contribution in [1.82, 2.24) is 0 Å². The summed E-state index contributed by atoms with van der Waals surface area (Å²) in [5, 5.41) is 12.4. The van der Waals surface area contributed by atoms with E-state index in [9.17, 15) is 19.3 Å². The molecule has 2 aromatic rings. The highest BCUT2D eigenvalue weighted by Gasteiger charge is 2.20. The lowest BCUT2D eigenvalue weighted by Crippen LogP contribution is -2.08. The van der Waals surface area contributed by atoms with E-state index in [0.29, 0.717) is 0 Å². The summed E-state index contributed by atoms with van der Waals surface area (Å²) in [6.07, 6.45) is 0. The minimum atomic E-state index is -0.751. The number of hydrogen-bond donors (Lipinski definition) is 0. The van der Waals surface area contributed by atoms with Gasteiger partial charge in [0.15, 0.2) is 0 Å². The fraction of sp³-hybridized carbons (Fsp3) is 0. The van der Waals surface area contributed by atoms with Gasteiger partial charge in [-0.15, -0.1) is 11.3 Å². The molecule has 1 heterocycles. The number of hydrogen-bond acceptors (Lipinski definition) is 5. The van der Waals surface area contributed by atoms with Crippen LogP contribution in [0.25, 0.3) is 0 Å². The van der Waals surface area contributed by atoms with Gasteiger partial charge < -0.3 is 4.74 Å². The molecule has 0 atom stereocenters. The van der Waals surface area contributed by atoms with E-state index in [0.717, 1.165) is 29.5 Å². The molecule has 1 aromatic carbocycles. The third-order valence-corrected chi connectivity index (χ3v) is 2.89. The Balaban J connectivity index is 2.31. The van der Waals surface area contributed by atoms with Crippen molar-refractivity contribution in [3.8, 4) is 5.75 Å². The maximum Gasteiger partial charge on any atom is 0.353 e. The van der Waals surface area contributed by atoms with Crippen LogP contribution >= 0.6 is 11.3 Å². The number of nitro groups is 1. The Morgan fingerprint density at radius 2 is 2.17 bits per heavy atom. The summed E-state index contributed by atoms with van der Waals surface area (Å²) >= 11 is 1.13. The molecule has 0 aliphatic rings. The number of nitro benzene ring substituents is 1. The summed E-state index contributed by atoms with van der Waals surface area (Å²) in [5.41, 5.74) is -0.457. The van der Waals surface area contributed by atoms with Crippen LogP contribution in [0.1, 0.15) is 9.67 Å². The largest absolute Gasteiger partial charge is 0.415 e. The number of carbonyl (C=O) groups excluding carboxylic acids is 1. The topological polar surface area (TPSA) is 69.4 Å². The third-order valence-electron chi connectivity index (χ3n) is 2.04. The van der Waals surface area contributed by atoms with E-state index in [1.165, 1.54) is 6.07 Å². The maximum absolute atomic E-state index is 13.0. The second-order valence-corrected chi connectivity index (χ2v) is 4.18. The van der Waals surface area contributed by atoms with Gasteiger partial charge in [0, 0.05) is 12.1 Å². The summed E-state index contributed by atoms with van der Waals surface area (Å²) in [6.45, 7) is 0. The van der Waals surface area contributed by atoms with Crippen LogP contribution in [0.3, 0.4) is 0 Å². The van der Waals surface area contributed by atoms with Crippen LogP contribution in [-0.2, 0) is 0 Å². The number of halogens is 1. The Hall–Kier alpha value is -2.28. The van der Waals surface area contributed by atoms with E-state index in [1.807, 2.05) is 0 Å². The zero-order valence-corrected chi connectivity index (χ0v) is 9.65. The molecule has 0 N–H and O–H groups in total. The molecular formula is C11H6FNO4S. The van der Waals surface area contributed by atoms with Gasteiger partial charge in [-0.1, -0.05) is 6.07 Å². The standard InChI is InChI=1S/C11H6FNO4S/c12-7-3-4-8(13(15)16)9(6-7)17-11(14)10-2-1-5-18-10/h1-6H. The molecule has 18 heavy (non-hydrogen) atoms. The number of thiophene rings is 1. The Morgan fingerprint density at radius 3 is 2.78 bits per heavy atom. The lowest BCUT2D eigenvalue weighted by atomic mass is 10.3. The van der Waals surface area contributed by atoms with E-state index in [2.05, 4.69) is 0 Å². The van der Waals surface area contributed by atoms with Gasteiger partial charge in [0.1, 0.15) is 10.7 Å². The number of ether oxygens (including phenoxy) is 1. The number of benzene rings is 1. The highest BCUT2D eigenvalue weighted by molar-refractivity contribution is 7.12. The molecule has 0 radical (unpaired) electrons. The van der Waals surface area contributed by atoms with Gasteiger partial charge in [-0.05, 0) is 17.5 Å². The molecule has 0 unspecified atom stereocenters. The highest BCUT2D eigenvalue weighted by atomic mass is 32.1. The van der Waals surface area contributed by atoms with Gasteiger partial charge in [0.05, 0.1) is 4.92 Å². The average molecular weight is 267 g/mol. The highest BCUT2D eigenvalue weighted by Crippen LogP contribution is 2.28. The Morgan fingerprint density at radius 1 is 1.39 bits per heavy atom. The first-order valence-electron chi connectivity index (χ1n) is 4.77. The van der Waals surface area contributed by atoms with Crippen LogP contribution < -0.4 is 4.74 Å². The van der Waals surface area contributed by atoms with E-state index in [-0.39, 0.29) is 4.88 Å². The molecule has 2 rings (SSSR count). The second-order valence-electron chi connectivity index (χ2n) is 3.24. The summed E-state index contributed by atoms with van der Waals surface area (Å²) in [5.74, 6) is -1.87. The molecule has 7 heteroatoms. The van der Waals surface area contributed by atoms with Crippen LogP contribution in [0.4, 0.5) is 10.1 Å². The molecule has 0 aliphatic carbocycles. The minimum Gasteiger partial charge on any atom is -0.415 e. The predicted octanol–water partition coefficient (Wildman–Crippen LogP) is 3.01. The zero-order chi connectivity index (χ0) is 13.1. The number of carbonyl (C=O) groups is 1. The van der Waals surface area contributed by atoms with E-state index < -0.39 is 28.1 Å². The van der Waals surface area contributed by atoms with Crippen molar-refractivity contribution in [2.45, 2.75) is 0 Å². The quantitative estimate of drug-likeness (QED) is 0.371. The first kappa shape index (κ1) is 12.2. The van der Waals surface area contributed by atoms with Gasteiger partial charge in [0.2, 0.25) is 5.75 Å². The van der Waals surface area contributed by atoms with Crippen molar-refractivity contribution in [3.05, 3.63) is 56.5 Å². The lowest BCUT2D eigenvalue weighted by Gasteiger charge is -2.03. The van der Waals surface area contributed by atoms with Crippen molar-refractivity contribution in [2.75, 3.05) is 0 Å². The molecular weight excluding hydrogens is 261 g/mol. The molecule has 0 saturated carbocycles. The molecule has 92 valence electrons. The molecule has 0 amide bonds. The zero-order valence-electron chi connectivity index (χ0n) is 8.83. The van der Waals surface area contributed by atoms with Crippen LogP contribution in [0.2, 0.25) is 0 Å². The van der Waals surface area contributed by atoms with Crippen LogP contribution in [0.15, 0.2) is 35.7 Å². The van der Waals surface area contributed by atoms with Crippen molar-refractivity contribution >= 4 is 23.0 Å². The molecule has 0 bridgehead atoms. The SMILES string of the molecule is O=C(Oc1cc(F)ccc1[N+](=O)[O-])c1cccs1. The average Bonchev–Trinajstić information content (AvgIpc) is 2.81. The fourth-order valence-electron chi connectivity index (χ4n) is 1.27. The molecule has 0 aliphatic heterocycles. The van der Waals surface area contributed by atoms with Crippen molar-refractivity contribution in [1.29, 1.82) is 0 Å². The van der Waals surface area contributed by atoms with Gasteiger partial charge in [0.25, 0.3) is 0 Å². The Bertz CT molecular complexity index is 597. The number of nitrogens with zero attached hydrogens (tertiary/aromatic N) is 1. The van der Waals surface area contributed by atoms with E-state index in [4.69, 9.17) is 4.74 Å². The number of esters is 1. The fourth-order valence-corrected chi connectivity index (χ4v) is 1.86. The number of rotatable bonds is 3. The van der Waals surface area contributed by atoms with Crippen molar-refractivity contribution < 1.29 is 18.8 Å². The summed E-state index contributed by atoms with van der Waals surface area (Å²) < 4.78 is 17.8. The van der Waals surface area contributed by atoms with Crippen LogP contribution in [-0.4, -0.2) is 10.9 Å². The normalized spacial score (nSPS) is 10.1. The minimum absolute atomic E-state index is 0.286. The van der Waals surface area contributed by atoms with Crippen molar-refractivity contribution in [2.24, 2.45) is 0 Å². The van der Waals surface area contributed by atoms with Gasteiger partial charge in [-0.3, -0.25) is 10.1 Å². The smallest absolute Gasteiger partial charge is 0.353 e. The summed E-state index contributed by atoms with van der Waals surface area (Å²) in [6, 6.07) is 5.84. The molecule has 0 saturated heterocycles. The predicted molar refractivity (Wildman–Crippen MR) is 62.3 cm³/mol. The Kier molecular flexibility index (Phi) is 3.33. The summed E-state index contributed by atoms with van der Waals surface area (Å²) in [4.78, 5) is 21.8. The van der Waals surface area contributed by atoms with Crippen LogP contribution in [0, 0.1) is 15.9 Å². The maximum atomic E-state index is 13.0. The molecule has 5 nitrogen and oxygen atoms in total. The molecule has 1 aromatic heterocycles. The molecule has 0 fully saturated rings. The van der Waals surface area contributed by atoms with Crippen LogP contribution in [0.5, 0.6) is 5.75 Å².